The number of aliphatic hydroxyl groups is 3. The molecule has 0 aliphatic rings. The number of hydrogen-bond donors (Lipinski definition) is 3. The lowest BCUT2D eigenvalue weighted by Crippen LogP contribution is -2.61. The molecule has 3 aromatic carbocycles. The van der Waals surface area contributed by atoms with Gasteiger partial charge in [0.25, 0.3) is 0 Å². The Morgan fingerprint density at radius 2 is 0.857 bits per heavy atom. The lowest BCUT2D eigenvalue weighted by Gasteiger charge is -2.45. The first-order chi connectivity index (χ1) is 20.3. The number of carbonyl (C=O) groups is 3. The minimum Gasteiger partial charge on any atom is -0.396 e. The van der Waals surface area contributed by atoms with Crippen LogP contribution in [0.25, 0.3) is 0 Å². The summed E-state index contributed by atoms with van der Waals surface area (Å²) in [6.45, 7) is -3.22. The molecule has 0 aromatic heterocycles. The molecule has 12 heteroatoms. The molecule has 3 aromatic rings. The summed E-state index contributed by atoms with van der Waals surface area (Å²) in [4.78, 5) is 85.2. The lowest BCUT2D eigenvalue weighted by atomic mass is 9.53. The fraction of sp³-hybridized carbons (Fsp3) is 0.200. The quantitative estimate of drug-likeness (QED) is 0.113. The Hall–Kier alpha value is -5.31. The van der Waals surface area contributed by atoms with Gasteiger partial charge in [0.05, 0.1) is 35.7 Å². The van der Waals surface area contributed by atoms with Crippen molar-refractivity contribution in [1.82, 2.24) is 0 Å². The van der Waals surface area contributed by atoms with Gasteiger partial charge in [-0.05, 0) is 79.2 Å². The summed E-state index contributed by atoms with van der Waals surface area (Å²) in [6.07, 6.45) is 3.37. The molecule has 212 valence electrons. The van der Waals surface area contributed by atoms with Crippen molar-refractivity contribution < 1.29 is 44.1 Å². The van der Waals surface area contributed by atoms with Gasteiger partial charge in [-0.3, -0.25) is 14.4 Å². The molecule has 0 fully saturated rings. The number of aliphatic hydroxyl groups excluding tert-OH is 3. The average Bonchev–Trinajstić information content (AvgIpc) is 3.02. The zero-order chi connectivity index (χ0) is 30.8. The van der Waals surface area contributed by atoms with Crippen LogP contribution in [0.1, 0.15) is 37.5 Å². The zero-order valence-corrected chi connectivity index (χ0v) is 21.9. The normalized spacial score (nSPS) is 12.1. The maximum atomic E-state index is 14.4. The van der Waals surface area contributed by atoms with Gasteiger partial charge < -0.3 is 15.3 Å². The molecule has 0 spiro atoms. The van der Waals surface area contributed by atoms with E-state index in [0.717, 1.165) is 0 Å². The topological polar surface area (TPSA) is 200 Å². The van der Waals surface area contributed by atoms with Gasteiger partial charge in [0.1, 0.15) is 5.41 Å². The molecule has 0 aliphatic heterocycles. The summed E-state index contributed by atoms with van der Waals surface area (Å²) in [5.74, 6) is -3.04. The van der Waals surface area contributed by atoms with Gasteiger partial charge in [-0.2, -0.15) is 15.0 Å². The number of nitrogens with zero attached hydrogens (tertiary/aromatic N) is 3. The van der Waals surface area contributed by atoms with Crippen LogP contribution in [0.3, 0.4) is 0 Å². The van der Waals surface area contributed by atoms with E-state index in [4.69, 9.17) is 0 Å². The monoisotopic (exact) mass is 569 g/mol. The lowest BCUT2D eigenvalue weighted by molar-refractivity contribution is -0.0255. The third-order valence-corrected chi connectivity index (χ3v) is 6.97. The van der Waals surface area contributed by atoms with Crippen LogP contribution < -0.4 is 0 Å². The molecule has 0 saturated heterocycles. The standard InChI is InChI=1S/C30H23N3O9/c34-14-13-30(27(41)21-3-9-24(10-4-21)32-18-38,28(42)22-5-11-25(12-6-22)33-19-39)29(15-35,16-36)26(40)20-1-7-23(8-2-20)31-17-37/h1-12,34-36H,13-16H2. The van der Waals surface area contributed by atoms with E-state index in [1.807, 2.05) is 0 Å². The number of benzene rings is 3. The van der Waals surface area contributed by atoms with Crippen LogP contribution >= 0.6 is 0 Å². The van der Waals surface area contributed by atoms with Gasteiger partial charge in [-0.1, -0.05) is 0 Å². The van der Waals surface area contributed by atoms with E-state index in [9.17, 15) is 44.1 Å². The minimum atomic E-state index is -2.59. The molecule has 0 aliphatic carbocycles. The van der Waals surface area contributed by atoms with E-state index in [2.05, 4.69) is 15.0 Å². The molecule has 12 nitrogen and oxygen atoms in total. The van der Waals surface area contributed by atoms with Crippen molar-refractivity contribution in [1.29, 1.82) is 0 Å². The maximum absolute atomic E-state index is 14.4. The molecular formula is C30H23N3O9. The third-order valence-electron chi connectivity index (χ3n) is 6.97. The smallest absolute Gasteiger partial charge is 0.240 e. The molecule has 3 N–H and O–H groups in total. The van der Waals surface area contributed by atoms with Gasteiger partial charge >= 0.3 is 0 Å². The second kappa shape index (κ2) is 13.8. The van der Waals surface area contributed by atoms with E-state index in [1.54, 1.807) is 0 Å². The third kappa shape index (κ3) is 5.76. The van der Waals surface area contributed by atoms with Gasteiger partial charge in [-0.25, -0.2) is 14.4 Å². The Balaban J connectivity index is 2.36. The molecule has 0 bridgehead atoms. The van der Waals surface area contributed by atoms with Crippen molar-refractivity contribution in [2.24, 2.45) is 25.8 Å². The highest BCUT2D eigenvalue weighted by Gasteiger charge is 2.64. The number of ketones is 3. The first kappa shape index (κ1) is 31.2. The maximum Gasteiger partial charge on any atom is 0.240 e. The predicted molar refractivity (Wildman–Crippen MR) is 146 cm³/mol. The van der Waals surface area contributed by atoms with Crippen LogP contribution in [-0.4, -0.2) is 70.7 Å². The largest absolute Gasteiger partial charge is 0.396 e. The molecule has 0 unspecified atom stereocenters. The molecule has 42 heavy (non-hydrogen) atoms. The van der Waals surface area contributed by atoms with E-state index in [1.165, 1.54) is 91.0 Å². The first-order valence-corrected chi connectivity index (χ1v) is 12.3. The molecule has 0 saturated carbocycles. The van der Waals surface area contributed by atoms with Crippen LogP contribution in [-0.2, 0) is 14.4 Å². The summed E-state index contributed by atoms with van der Waals surface area (Å²) in [5.41, 5.74) is -5.15. The van der Waals surface area contributed by atoms with E-state index < -0.39 is 54.4 Å². The Labute approximate surface area is 238 Å². The number of carbonyl (C=O) groups excluding carboxylic acids is 6. The second-order valence-electron chi connectivity index (χ2n) is 9.01. The van der Waals surface area contributed by atoms with Crippen LogP contribution in [0.4, 0.5) is 17.1 Å². The molecular weight excluding hydrogens is 546 g/mol. The van der Waals surface area contributed by atoms with Crippen LogP contribution in [0, 0.1) is 10.8 Å². The number of rotatable bonds is 14. The summed E-state index contributed by atoms with van der Waals surface area (Å²) >= 11 is 0. The van der Waals surface area contributed by atoms with Gasteiger partial charge in [0.15, 0.2) is 17.3 Å². The van der Waals surface area contributed by atoms with Crippen molar-refractivity contribution in [2.75, 3.05) is 19.8 Å². The van der Waals surface area contributed by atoms with Crippen molar-refractivity contribution in [2.45, 2.75) is 6.42 Å². The van der Waals surface area contributed by atoms with Crippen LogP contribution in [0.2, 0.25) is 0 Å². The molecule has 0 atom stereocenters. The fourth-order valence-electron chi connectivity index (χ4n) is 4.82. The first-order valence-electron chi connectivity index (χ1n) is 12.3. The summed E-state index contributed by atoms with van der Waals surface area (Å²) in [6, 6.07) is 15.1. The molecule has 3 rings (SSSR count). The number of hydrogen-bond acceptors (Lipinski definition) is 12. The predicted octanol–water partition coefficient (Wildman–Crippen LogP) is 2.88. The van der Waals surface area contributed by atoms with Crippen molar-refractivity contribution >= 4 is 52.7 Å². The van der Waals surface area contributed by atoms with Gasteiger partial charge in [-0.15, -0.1) is 0 Å². The SMILES string of the molecule is O=C=Nc1ccc(C(=O)C(CO)(CO)C(CCO)(C(=O)c2ccc(N=C=O)cc2)C(=O)c2ccc(N=C=O)cc2)cc1. The van der Waals surface area contributed by atoms with Crippen molar-refractivity contribution in [3.8, 4) is 0 Å². The highest BCUT2D eigenvalue weighted by atomic mass is 16.3. The van der Waals surface area contributed by atoms with Gasteiger partial charge in [0, 0.05) is 23.3 Å². The summed E-state index contributed by atoms with van der Waals surface area (Å²) < 4.78 is 0. The van der Waals surface area contributed by atoms with Gasteiger partial charge in [0.2, 0.25) is 18.2 Å². The number of isocyanates is 3. The highest BCUT2D eigenvalue weighted by Crippen LogP contribution is 2.49. The molecule has 0 amide bonds. The van der Waals surface area contributed by atoms with E-state index in [0.29, 0.717) is 0 Å². The van der Waals surface area contributed by atoms with E-state index in [-0.39, 0.29) is 33.8 Å². The van der Waals surface area contributed by atoms with E-state index >= 15 is 0 Å². The highest BCUT2D eigenvalue weighted by molar-refractivity contribution is 6.24. The van der Waals surface area contributed by atoms with Crippen molar-refractivity contribution in [3.63, 3.8) is 0 Å². The number of aliphatic imine (C=N–C) groups is 3. The average molecular weight is 570 g/mol. The second-order valence-corrected chi connectivity index (χ2v) is 9.01. The Morgan fingerprint density at radius 3 is 1.12 bits per heavy atom. The Kier molecular flexibility index (Phi) is 10.3. The molecule has 0 radical (unpaired) electrons. The Bertz CT molecular complexity index is 1530. The summed E-state index contributed by atoms with van der Waals surface area (Å²) in [7, 11) is 0. The fourth-order valence-corrected chi connectivity index (χ4v) is 4.82. The van der Waals surface area contributed by atoms with Crippen molar-refractivity contribution in [3.05, 3.63) is 89.5 Å². The zero-order valence-electron chi connectivity index (χ0n) is 21.9. The minimum absolute atomic E-state index is 0.136. The summed E-state index contributed by atoms with van der Waals surface area (Å²) in [5, 5.41) is 31.7. The molecule has 0 heterocycles. The van der Waals surface area contributed by atoms with Crippen LogP contribution in [0.15, 0.2) is 87.8 Å². The van der Waals surface area contributed by atoms with Crippen LogP contribution in [0.5, 0.6) is 0 Å². The number of Topliss-reactive ketones (excluding diaryl/α,β-unsaturated/α-hetero) is 3. The Morgan fingerprint density at radius 1 is 0.548 bits per heavy atom.